The molecule has 1 unspecified atom stereocenters. The van der Waals surface area contributed by atoms with Crippen molar-refractivity contribution in [1.29, 1.82) is 0 Å². The number of carboxylic acids is 3. The van der Waals surface area contributed by atoms with Crippen LogP contribution in [-0.4, -0.2) is 68.3 Å². The lowest BCUT2D eigenvalue weighted by Crippen LogP contribution is -2.45. The molecule has 220 valence electrons. The standard InChI is InChI=1S/C26H45NO10S/c1-2-3-4-5-6-7-8-9-10-11-12-13-14-15-16-17-18-27(21(25(31)32)19-24(29)30)23(28)20-22(26(33)34)38(35,36)37/h17-18,21-22H,2-16,19-20H2,1H3,(H,29,30)(H,31,32)(H,33,34)(H,35,36,37)/t21-,22?/m0/s1. The van der Waals surface area contributed by atoms with Crippen molar-refractivity contribution < 1.29 is 47.5 Å². The van der Waals surface area contributed by atoms with Gasteiger partial charge in [-0.2, -0.15) is 8.42 Å². The Kier molecular flexibility index (Phi) is 19.2. The molecule has 0 rings (SSSR count). The molecule has 0 aliphatic rings. The van der Waals surface area contributed by atoms with E-state index < -0.39 is 58.1 Å². The zero-order valence-electron chi connectivity index (χ0n) is 22.4. The first-order valence-corrected chi connectivity index (χ1v) is 15.0. The Labute approximate surface area is 226 Å². The molecule has 0 saturated heterocycles. The SMILES string of the molecule is CCCCCCCCCCCCCCCCC=CN(C(=O)CC(C(=O)O)S(=O)(=O)O)[C@@H](CC(=O)O)C(=O)O. The van der Waals surface area contributed by atoms with E-state index in [9.17, 15) is 32.7 Å². The number of aliphatic carboxylic acids is 3. The average Bonchev–Trinajstić information content (AvgIpc) is 2.82. The van der Waals surface area contributed by atoms with Crippen LogP contribution in [0.15, 0.2) is 12.3 Å². The number of allylic oxidation sites excluding steroid dienone is 1. The van der Waals surface area contributed by atoms with E-state index in [4.69, 9.17) is 14.8 Å². The van der Waals surface area contributed by atoms with Gasteiger partial charge in [0, 0.05) is 6.20 Å². The predicted molar refractivity (Wildman–Crippen MR) is 142 cm³/mol. The molecule has 0 aromatic rings. The molecule has 0 bridgehead atoms. The normalized spacial score (nSPS) is 13.3. The molecule has 0 aliphatic heterocycles. The summed E-state index contributed by atoms with van der Waals surface area (Å²) < 4.78 is 31.7. The second-order valence-corrected chi connectivity index (χ2v) is 11.2. The van der Waals surface area contributed by atoms with Crippen molar-refractivity contribution in [2.45, 2.75) is 127 Å². The van der Waals surface area contributed by atoms with Gasteiger partial charge in [-0.3, -0.25) is 18.9 Å². The summed E-state index contributed by atoms with van der Waals surface area (Å²) in [5.74, 6) is -6.40. The van der Waals surface area contributed by atoms with E-state index in [2.05, 4.69) is 6.92 Å². The van der Waals surface area contributed by atoms with Gasteiger partial charge < -0.3 is 20.2 Å². The van der Waals surface area contributed by atoms with Crippen molar-refractivity contribution in [1.82, 2.24) is 4.90 Å². The molecule has 11 nitrogen and oxygen atoms in total. The van der Waals surface area contributed by atoms with Crippen LogP contribution in [0.2, 0.25) is 0 Å². The minimum absolute atomic E-state index is 0.460. The highest BCUT2D eigenvalue weighted by Gasteiger charge is 2.37. The van der Waals surface area contributed by atoms with E-state index in [0.717, 1.165) is 31.9 Å². The Morgan fingerprint density at radius 1 is 0.711 bits per heavy atom. The molecule has 0 aromatic heterocycles. The Hall–Kier alpha value is -2.47. The lowest BCUT2D eigenvalue weighted by molar-refractivity contribution is -0.152. The van der Waals surface area contributed by atoms with Crippen LogP contribution in [0.1, 0.15) is 116 Å². The third-order valence-electron chi connectivity index (χ3n) is 6.26. The zero-order valence-corrected chi connectivity index (χ0v) is 23.2. The minimum Gasteiger partial charge on any atom is -0.481 e. The van der Waals surface area contributed by atoms with Crippen LogP contribution in [0.25, 0.3) is 0 Å². The van der Waals surface area contributed by atoms with Crippen molar-refractivity contribution in [3.63, 3.8) is 0 Å². The third-order valence-corrected chi connectivity index (χ3v) is 7.35. The Balaban J connectivity index is 4.62. The Bertz CT molecular complexity index is 856. The molecule has 0 aromatic carbocycles. The minimum atomic E-state index is -5.15. The van der Waals surface area contributed by atoms with Crippen LogP contribution < -0.4 is 0 Å². The number of hydrogen-bond acceptors (Lipinski definition) is 6. The third kappa shape index (κ3) is 17.1. The van der Waals surface area contributed by atoms with Crippen LogP contribution in [0.5, 0.6) is 0 Å². The number of carboxylic acid groups (broad SMARTS) is 3. The number of nitrogens with zero attached hydrogens (tertiary/aromatic N) is 1. The molecule has 0 saturated carbocycles. The molecule has 12 heteroatoms. The van der Waals surface area contributed by atoms with Crippen LogP contribution in [0, 0.1) is 0 Å². The molecular formula is C26H45NO10S. The van der Waals surface area contributed by atoms with Gasteiger partial charge in [0.2, 0.25) is 5.91 Å². The van der Waals surface area contributed by atoms with Gasteiger partial charge in [0.1, 0.15) is 6.04 Å². The second-order valence-electron chi connectivity index (χ2n) is 9.57. The van der Waals surface area contributed by atoms with Gasteiger partial charge in [0.05, 0.1) is 12.8 Å². The quantitative estimate of drug-likeness (QED) is 0.0933. The van der Waals surface area contributed by atoms with Gasteiger partial charge >= 0.3 is 17.9 Å². The summed E-state index contributed by atoms with van der Waals surface area (Å²) in [5.41, 5.74) is 0. The van der Waals surface area contributed by atoms with Gasteiger partial charge in [-0.15, -0.1) is 0 Å². The fourth-order valence-corrected chi connectivity index (χ4v) is 4.67. The molecule has 0 spiro atoms. The molecule has 38 heavy (non-hydrogen) atoms. The summed E-state index contributed by atoms with van der Waals surface area (Å²) in [6, 6.07) is -1.87. The fourth-order valence-electron chi connectivity index (χ4n) is 4.06. The number of rotatable bonds is 24. The molecule has 0 heterocycles. The van der Waals surface area contributed by atoms with Crippen molar-refractivity contribution in [2.24, 2.45) is 0 Å². The van der Waals surface area contributed by atoms with Gasteiger partial charge in [0.15, 0.2) is 5.25 Å². The van der Waals surface area contributed by atoms with Gasteiger partial charge in [-0.1, -0.05) is 96.5 Å². The Morgan fingerprint density at radius 3 is 1.53 bits per heavy atom. The largest absolute Gasteiger partial charge is 0.481 e. The Morgan fingerprint density at radius 2 is 1.16 bits per heavy atom. The molecule has 0 radical (unpaired) electrons. The first-order valence-electron chi connectivity index (χ1n) is 13.5. The van der Waals surface area contributed by atoms with E-state index in [1.54, 1.807) is 0 Å². The first kappa shape index (κ1) is 35.5. The van der Waals surface area contributed by atoms with Crippen molar-refractivity contribution in [3.8, 4) is 0 Å². The van der Waals surface area contributed by atoms with E-state index in [1.165, 1.54) is 70.3 Å². The van der Waals surface area contributed by atoms with E-state index in [0.29, 0.717) is 11.3 Å². The first-order chi connectivity index (χ1) is 17.9. The molecular weight excluding hydrogens is 518 g/mol. The number of hydrogen-bond donors (Lipinski definition) is 4. The zero-order chi connectivity index (χ0) is 29.0. The topological polar surface area (TPSA) is 187 Å². The van der Waals surface area contributed by atoms with Crippen molar-refractivity contribution in [3.05, 3.63) is 12.3 Å². The number of unbranched alkanes of at least 4 members (excludes halogenated alkanes) is 14. The van der Waals surface area contributed by atoms with Gasteiger partial charge in [-0.25, -0.2) is 4.79 Å². The lowest BCUT2D eigenvalue weighted by atomic mass is 10.0. The highest BCUT2D eigenvalue weighted by Crippen LogP contribution is 2.16. The number of carbonyl (C=O) groups is 4. The van der Waals surface area contributed by atoms with Crippen LogP contribution >= 0.6 is 0 Å². The van der Waals surface area contributed by atoms with Crippen LogP contribution in [0.3, 0.4) is 0 Å². The number of amides is 1. The van der Waals surface area contributed by atoms with Crippen LogP contribution in [0.4, 0.5) is 0 Å². The molecule has 2 atom stereocenters. The van der Waals surface area contributed by atoms with E-state index in [-0.39, 0.29) is 0 Å². The predicted octanol–water partition coefficient (Wildman–Crippen LogP) is 4.86. The summed E-state index contributed by atoms with van der Waals surface area (Å²) in [6.07, 6.45) is 17.3. The van der Waals surface area contributed by atoms with Crippen molar-refractivity contribution in [2.75, 3.05) is 0 Å². The van der Waals surface area contributed by atoms with E-state index >= 15 is 0 Å². The summed E-state index contributed by atoms with van der Waals surface area (Å²) in [7, 11) is -5.15. The fraction of sp³-hybridized carbons (Fsp3) is 0.769. The molecule has 4 N–H and O–H groups in total. The highest BCUT2D eigenvalue weighted by molar-refractivity contribution is 7.87. The summed E-state index contributed by atoms with van der Waals surface area (Å²) in [4.78, 5) is 47.0. The lowest BCUT2D eigenvalue weighted by Gasteiger charge is -2.25. The maximum Gasteiger partial charge on any atom is 0.327 e. The summed E-state index contributed by atoms with van der Waals surface area (Å²) in [5, 5.41) is 24.9. The molecule has 1 amide bonds. The maximum absolute atomic E-state index is 12.6. The average molecular weight is 564 g/mol. The van der Waals surface area contributed by atoms with Gasteiger partial charge in [-0.05, 0) is 12.8 Å². The molecule has 0 fully saturated rings. The monoisotopic (exact) mass is 563 g/mol. The summed E-state index contributed by atoms with van der Waals surface area (Å²) >= 11 is 0. The highest BCUT2D eigenvalue weighted by atomic mass is 32.2. The van der Waals surface area contributed by atoms with Gasteiger partial charge in [0.25, 0.3) is 10.1 Å². The smallest absolute Gasteiger partial charge is 0.327 e. The van der Waals surface area contributed by atoms with Crippen LogP contribution in [-0.2, 0) is 29.3 Å². The molecule has 0 aliphatic carbocycles. The van der Waals surface area contributed by atoms with Crippen molar-refractivity contribution >= 4 is 33.9 Å². The maximum atomic E-state index is 12.6. The van der Waals surface area contributed by atoms with E-state index in [1.807, 2.05) is 0 Å². The number of carbonyl (C=O) groups excluding carboxylic acids is 1. The summed E-state index contributed by atoms with van der Waals surface area (Å²) in [6.45, 7) is 2.22. The second kappa shape index (κ2) is 20.5.